The molecule has 0 spiro atoms. The molecule has 1 saturated heterocycles. The van der Waals surface area contributed by atoms with Crippen molar-refractivity contribution in [1.82, 2.24) is 9.59 Å². The van der Waals surface area contributed by atoms with E-state index in [9.17, 15) is 0 Å². The molecule has 1 aromatic heterocycles. The Kier molecular flexibility index (Phi) is 4.89. The number of nitrogens with zero attached hydrogens (tertiary/aromatic N) is 2. The highest BCUT2D eigenvalue weighted by atomic mass is 32.1. The molecule has 4 heteroatoms. The molecule has 1 aliphatic rings. The van der Waals surface area contributed by atoms with E-state index < -0.39 is 0 Å². The molecule has 1 aromatic rings. The minimum atomic E-state index is 1.00. The number of ether oxygens (including phenoxy) is 1. The van der Waals surface area contributed by atoms with Gasteiger partial charge in [-0.3, -0.25) is 0 Å². The van der Waals surface area contributed by atoms with Crippen LogP contribution >= 0.6 is 11.5 Å². The second kappa shape index (κ2) is 6.24. The number of hydrogen-bond acceptors (Lipinski definition) is 4. The molecule has 0 amide bonds. The summed E-state index contributed by atoms with van der Waals surface area (Å²) < 4.78 is 8.58. The first-order valence-corrected chi connectivity index (χ1v) is 4.62. The third-order valence-electron chi connectivity index (χ3n) is 1.36. The van der Waals surface area contributed by atoms with E-state index in [0.717, 1.165) is 13.2 Å². The molecule has 0 atom stereocenters. The molecule has 0 radical (unpaired) electrons. The van der Waals surface area contributed by atoms with E-state index in [2.05, 4.69) is 9.59 Å². The van der Waals surface area contributed by atoms with Gasteiger partial charge < -0.3 is 4.74 Å². The molecular formula is C7H12N2OS. The Bertz CT molecular complexity index is 123. The van der Waals surface area contributed by atoms with Crippen LogP contribution in [0.25, 0.3) is 0 Å². The standard InChI is InChI=1S/C5H10O.C2H2N2S/c1-2-4-6-5-3-1;1-2-5-4-3-1/h1-5H2;1-2H. The van der Waals surface area contributed by atoms with Crippen molar-refractivity contribution in [1.29, 1.82) is 0 Å². The summed E-state index contributed by atoms with van der Waals surface area (Å²) >= 11 is 1.35. The highest BCUT2D eigenvalue weighted by Crippen LogP contribution is 2.02. The first-order chi connectivity index (χ1) is 5.50. The van der Waals surface area contributed by atoms with Gasteiger partial charge in [0, 0.05) is 18.6 Å². The molecule has 2 heterocycles. The zero-order valence-electron chi connectivity index (χ0n) is 6.40. The maximum Gasteiger partial charge on any atom is 0.0620 e. The van der Waals surface area contributed by atoms with E-state index in [1.807, 2.05) is 5.38 Å². The van der Waals surface area contributed by atoms with Crippen LogP contribution in [0.1, 0.15) is 19.3 Å². The van der Waals surface area contributed by atoms with E-state index in [-0.39, 0.29) is 0 Å². The molecule has 0 aliphatic carbocycles. The van der Waals surface area contributed by atoms with Gasteiger partial charge in [0.15, 0.2) is 0 Å². The average molecular weight is 172 g/mol. The Hall–Kier alpha value is -0.480. The fourth-order valence-corrected chi connectivity index (χ4v) is 1.10. The van der Waals surface area contributed by atoms with Gasteiger partial charge >= 0.3 is 0 Å². The summed E-state index contributed by atoms with van der Waals surface area (Å²) in [6, 6.07) is 0. The van der Waals surface area contributed by atoms with Gasteiger partial charge in [0.1, 0.15) is 0 Å². The van der Waals surface area contributed by atoms with Crippen molar-refractivity contribution in [3.63, 3.8) is 0 Å². The molecule has 1 fully saturated rings. The van der Waals surface area contributed by atoms with Gasteiger partial charge in [0.2, 0.25) is 0 Å². The fourth-order valence-electron chi connectivity index (χ4n) is 0.823. The Morgan fingerprint density at radius 2 is 2.00 bits per heavy atom. The van der Waals surface area contributed by atoms with Crippen molar-refractivity contribution in [2.45, 2.75) is 19.3 Å². The lowest BCUT2D eigenvalue weighted by molar-refractivity contribution is 0.0968. The Morgan fingerprint density at radius 1 is 1.18 bits per heavy atom. The third kappa shape index (κ3) is 4.86. The first-order valence-electron chi connectivity index (χ1n) is 3.79. The molecule has 1 aliphatic heterocycles. The molecule has 0 unspecified atom stereocenters. The third-order valence-corrected chi connectivity index (χ3v) is 1.79. The molecule has 0 N–H and O–H groups in total. The lowest BCUT2D eigenvalue weighted by Crippen LogP contribution is -2.03. The van der Waals surface area contributed by atoms with Crippen molar-refractivity contribution >= 4 is 11.5 Å². The van der Waals surface area contributed by atoms with E-state index in [0.29, 0.717) is 0 Å². The predicted molar refractivity (Wildman–Crippen MR) is 44.6 cm³/mol. The SMILES string of the molecule is C1CCOCC1.c1csnn1. The minimum Gasteiger partial charge on any atom is -0.381 e. The van der Waals surface area contributed by atoms with Crippen LogP contribution in [0.5, 0.6) is 0 Å². The fraction of sp³-hybridized carbons (Fsp3) is 0.714. The van der Waals surface area contributed by atoms with Crippen molar-refractivity contribution in [3.8, 4) is 0 Å². The quantitative estimate of drug-likeness (QED) is 0.597. The van der Waals surface area contributed by atoms with Crippen LogP contribution in [-0.4, -0.2) is 22.8 Å². The van der Waals surface area contributed by atoms with Gasteiger partial charge in [-0.15, -0.1) is 5.10 Å². The van der Waals surface area contributed by atoms with Crippen molar-refractivity contribution in [2.75, 3.05) is 13.2 Å². The van der Waals surface area contributed by atoms with E-state index >= 15 is 0 Å². The van der Waals surface area contributed by atoms with Gasteiger partial charge in [-0.25, -0.2) is 0 Å². The minimum absolute atomic E-state index is 1.00. The van der Waals surface area contributed by atoms with E-state index in [4.69, 9.17) is 4.74 Å². The van der Waals surface area contributed by atoms with Crippen LogP contribution in [0.3, 0.4) is 0 Å². The summed E-state index contributed by atoms with van der Waals surface area (Å²) in [6.07, 6.45) is 5.59. The molecular weight excluding hydrogens is 160 g/mol. The summed E-state index contributed by atoms with van der Waals surface area (Å²) in [5.41, 5.74) is 0. The largest absolute Gasteiger partial charge is 0.381 e. The molecule has 0 bridgehead atoms. The van der Waals surface area contributed by atoms with Gasteiger partial charge in [-0.2, -0.15) is 0 Å². The number of aromatic nitrogens is 2. The Morgan fingerprint density at radius 3 is 2.18 bits per heavy atom. The zero-order chi connectivity index (χ0) is 7.78. The highest BCUT2D eigenvalue weighted by molar-refractivity contribution is 7.03. The number of hydrogen-bond donors (Lipinski definition) is 0. The maximum absolute atomic E-state index is 5.07. The van der Waals surface area contributed by atoms with Gasteiger partial charge in [-0.05, 0) is 30.8 Å². The molecule has 0 saturated carbocycles. The molecule has 11 heavy (non-hydrogen) atoms. The molecule has 2 rings (SSSR count). The van der Waals surface area contributed by atoms with Crippen LogP contribution in [0.15, 0.2) is 11.6 Å². The Balaban J connectivity index is 0.000000112. The first kappa shape index (κ1) is 8.62. The van der Waals surface area contributed by atoms with E-state index in [1.54, 1.807) is 6.20 Å². The zero-order valence-corrected chi connectivity index (χ0v) is 7.22. The lowest BCUT2D eigenvalue weighted by atomic mass is 10.2. The van der Waals surface area contributed by atoms with Gasteiger partial charge in [0.05, 0.1) is 6.20 Å². The van der Waals surface area contributed by atoms with Crippen LogP contribution in [-0.2, 0) is 4.74 Å². The topological polar surface area (TPSA) is 35.0 Å². The van der Waals surface area contributed by atoms with Crippen LogP contribution < -0.4 is 0 Å². The molecule has 62 valence electrons. The summed E-state index contributed by atoms with van der Waals surface area (Å²) in [7, 11) is 0. The second-order valence-electron chi connectivity index (χ2n) is 2.26. The predicted octanol–water partition coefficient (Wildman–Crippen LogP) is 1.72. The number of rotatable bonds is 0. The summed E-state index contributed by atoms with van der Waals surface area (Å²) in [4.78, 5) is 0. The Labute approximate surface area is 70.6 Å². The maximum atomic E-state index is 5.07. The van der Waals surface area contributed by atoms with Crippen molar-refractivity contribution in [3.05, 3.63) is 11.6 Å². The molecule has 0 aromatic carbocycles. The molecule has 3 nitrogen and oxygen atoms in total. The van der Waals surface area contributed by atoms with Crippen LogP contribution in [0, 0.1) is 0 Å². The lowest BCUT2D eigenvalue weighted by Gasteiger charge is -2.08. The normalized spacial score (nSPS) is 16.7. The van der Waals surface area contributed by atoms with Crippen LogP contribution in [0.4, 0.5) is 0 Å². The van der Waals surface area contributed by atoms with Gasteiger partial charge in [-0.1, -0.05) is 4.49 Å². The summed E-state index contributed by atoms with van der Waals surface area (Å²) in [6.45, 7) is 2.00. The van der Waals surface area contributed by atoms with Crippen LogP contribution in [0.2, 0.25) is 0 Å². The van der Waals surface area contributed by atoms with Crippen molar-refractivity contribution in [2.24, 2.45) is 0 Å². The highest BCUT2D eigenvalue weighted by Gasteiger charge is 1.94. The smallest absolute Gasteiger partial charge is 0.0620 e. The summed E-state index contributed by atoms with van der Waals surface area (Å²) in [5.74, 6) is 0. The second-order valence-corrected chi connectivity index (χ2v) is 2.91. The van der Waals surface area contributed by atoms with E-state index in [1.165, 1.54) is 30.8 Å². The van der Waals surface area contributed by atoms with Crippen molar-refractivity contribution < 1.29 is 4.74 Å². The monoisotopic (exact) mass is 172 g/mol. The average Bonchev–Trinajstić information content (AvgIpc) is 2.64. The summed E-state index contributed by atoms with van der Waals surface area (Å²) in [5, 5.41) is 5.31. The van der Waals surface area contributed by atoms with Gasteiger partial charge in [0.25, 0.3) is 0 Å².